The third kappa shape index (κ3) is 4.92. The molecule has 0 saturated heterocycles. The Morgan fingerprint density at radius 1 is 1.04 bits per heavy atom. The van der Waals surface area contributed by atoms with Crippen molar-refractivity contribution in [2.45, 2.75) is 13.3 Å². The lowest BCUT2D eigenvalue weighted by Gasteiger charge is -2.05. The highest BCUT2D eigenvalue weighted by molar-refractivity contribution is 5.97. The summed E-state index contributed by atoms with van der Waals surface area (Å²) in [5.74, 6) is -0.794. The minimum Gasteiger partial charge on any atom is -0.268 e. The summed E-state index contributed by atoms with van der Waals surface area (Å²) >= 11 is 0. The molecular weight excluding hydrogens is 340 g/mol. The normalized spacial score (nSPS) is 10.7. The third-order valence-electron chi connectivity index (χ3n) is 3.97. The molecule has 0 aliphatic rings. The summed E-state index contributed by atoms with van der Waals surface area (Å²) < 4.78 is 1.72. The predicted molar refractivity (Wildman–Crippen MR) is 104 cm³/mol. The van der Waals surface area contributed by atoms with Gasteiger partial charge < -0.3 is 0 Å². The Morgan fingerprint density at radius 3 is 2.48 bits per heavy atom. The highest BCUT2D eigenvalue weighted by atomic mass is 16.2. The van der Waals surface area contributed by atoms with E-state index in [1.54, 1.807) is 29.1 Å². The summed E-state index contributed by atoms with van der Waals surface area (Å²) in [6.45, 7) is 2.05. The van der Waals surface area contributed by atoms with Crippen LogP contribution in [0.3, 0.4) is 0 Å². The van der Waals surface area contributed by atoms with E-state index in [4.69, 9.17) is 0 Å². The number of aromatic nitrogens is 2. The van der Waals surface area contributed by atoms with Gasteiger partial charge >= 0.3 is 0 Å². The van der Waals surface area contributed by atoms with Crippen molar-refractivity contribution in [3.05, 3.63) is 89.8 Å². The van der Waals surface area contributed by atoms with E-state index < -0.39 is 5.91 Å². The van der Waals surface area contributed by atoms with E-state index in [0.29, 0.717) is 5.56 Å². The summed E-state index contributed by atoms with van der Waals surface area (Å²) in [5, 5.41) is 4.26. The molecule has 0 spiro atoms. The number of carbonyl (C=O) groups excluding carboxylic acids is 2. The van der Waals surface area contributed by atoms with Gasteiger partial charge in [-0.05, 0) is 42.3 Å². The number of benzene rings is 2. The molecule has 3 rings (SSSR count). The molecule has 0 radical (unpaired) electrons. The SMILES string of the molecule is CCc1ccc(C(=O)NNC(=O)/C=C/c2cnn(-c3ccccc3)c2)cc1. The average molecular weight is 360 g/mol. The maximum absolute atomic E-state index is 12.0. The second kappa shape index (κ2) is 8.62. The van der Waals surface area contributed by atoms with Gasteiger partial charge in [-0.2, -0.15) is 5.10 Å². The number of hydrogen-bond acceptors (Lipinski definition) is 3. The highest BCUT2D eigenvalue weighted by Crippen LogP contribution is 2.08. The van der Waals surface area contributed by atoms with Gasteiger partial charge in [0.1, 0.15) is 0 Å². The van der Waals surface area contributed by atoms with Crippen LogP contribution in [0.4, 0.5) is 0 Å². The minimum atomic E-state index is -0.430. The van der Waals surface area contributed by atoms with E-state index in [1.807, 2.05) is 55.6 Å². The fraction of sp³-hybridized carbons (Fsp3) is 0.0952. The van der Waals surface area contributed by atoms with Crippen molar-refractivity contribution in [1.29, 1.82) is 0 Å². The zero-order chi connectivity index (χ0) is 19.1. The van der Waals surface area contributed by atoms with Crippen LogP contribution in [0, 0.1) is 0 Å². The number of amides is 2. The van der Waals surface area contributed by atoms with Gasteiger partial charge in [0.05, 0.1) is 11.9 Å². The molecule has 27 heavy (non-hydrogen) atoms. The molecule has 3 aromatic rings. The molecule has 0 fully saturated rings. The Morgan fingerprint density at radius 2 is 1.78 bits per heavy atom. The van der Waals surface area contributed by atoms with Crippen molar-refractivity contribution in [2.24, 2.45) is 0 Å². The third-order valence-corrected chi connectivity index (χ3v) is 3.97. The van der Waals surface area contributed by atoms with Gasteiger partial charge in [-0.1, -0.05) is 37.3 Å². The number of rotatable bonds is 5. The number of nitrogens with one attached hydrogen (secondary N) is 2. The van der Waals surface area contributed by atoms with Gasteiger partial charge in [-0.15, -0.1) is 0 Å². The second-order valence-electron chi connectivity index (χ2n) is 5.88. The van der Waals surface area contributed by atoms with E-state index in [1.165, 1.54) is 6.08 Å². The zero-order valence-electron chi connectivity index (χ0n) is 14.9. The van der Waals surface area contributed by atoms with Crippen LogP contribution in [0.15, 0.2) is 73.1 Å². The Balaban J connectivity index is 1.53. The molecule has 0 bridgehead atoms. The average Bonchev–Trinajstić information content (AvgIpc) is 3.20. The van der Waals surface area contributed by atoms with Crippen molar-refractivity contribution < 1.29 is 9.59 Å². The van der Waals surface area contributed by atoms with Crippen LogP contribution in [0.2, 0.25) is 0 Å². The van der Waals surface area contributed by atoms with E-state index in [9.17, 15) is 9.59 Å². The smallest absolute Gasteiger partial charge is 0.268 e. The lowest BCUT2D eigenvalue weighted by atomic mass is 10.1. The first-order chi connectivity index (χ1) is 13.2. The molecule has 136 valence electrons. The fourth-order valence-corrected chi connectivity index (χ4v) is 2.44. The van der Waals surface area contributed by atoms with Crippen LogP contribution >= 0.6 is 0 Å². The van der Waals surface area contributed by atoms with Crippen molar-refractivity contribution in [3.8, 4) is 5.69 Å². The lowest BCUT2D eigenvalue weighted by molar-refractivity contribution is -0.117. The lowest BCUT2D eigenvalue weighted by Crippen LogP contribution is -2.40. The molecule has 0 aliphatic carbocycles. The van der Waals surface area contributed by atoms with Crippen molar-refractivity contribution in [2.75, 3.05) is 0 Å². The van der Waals surface area contributed by atoms with Crippen molar-refractivity contribution >= 4 is 17.9 Å². The van der Waals surface area contributed by atoms with E-state index >= 15 is 0 Å². The Labute approximate surface area is 157 Å². The molecule has 2 N–H and O–H groups in total. The summed E-state index contributed by atoms with van der Waals surface area (Å²) in [7, 11) is 0. The van der Waals surface area contributed by atoms with Crippen LogP contribution in [0.5, 0.6) is 0 Å². The number of carbonyl (C=O) groups is 2. The number of para-hydroxylation sites is 1. The summed E-state index contributed by atoms with van der Waals surface area (Å²) in [5.41, 5.74) is 8.10. The van der Waals surface area contributed by atoms with Crippen LogP contribution in [-0.2, 0) is 11.2 Å². The molecule has 2 aromatic carbocycles. The quantitative estimate of drug-likeness (QED) is 0.543. The van der Waals surface area contributed by atoms with Gasteiger partial charge in [-0.25, -0.2) is 4.68 Å². The summed E-state index contributed by atoms with van der Waals surface area (Å²) in [4.78, 5) is 23.9. The van der Waals surface area contributed by atoms with Crippen LogP contribution < -0.4 is 10.9 Å². The number of nitrogens with zero attached hydrogens (tertiary/aromatic N) is 2. The topological polar surface area (TPSA) is 76.0 Å². The Kier molecular flexibility index (Phi) is 5.79. The first-order valence-corrected chi connectivity index (χ1v) is 8.63. The molecule has 6 nitrogen and oxygen atoms in total. The maximum atomic E-state index is 12.0. The van der Waals surface area contributed by atoms with Crippen molar-refractivity contribution in [3.63, 3.8) is 0 Å². The van der Waals surface area contributed by atoms with E-state index in [2.05, 4.69) is 16.0 Å². The monoisotopic (exact) mass is 360 g/mol. The number of hydrazine groups is 1. The van der Waals surface area contributed by atoms with Gasteiger partial charge in [0.2, 0.25) is 0 Å². The molecule has 2 amide bonds. The van der Waals surface area contributed by atoms with E-state index in [0.717, 1.165) is 23.2 Å². The molecule has 0 unspecified atom stereocenters. The fourth-order valence-electron chi connectivity index (χ4n) is 2.44. The molecule has 6 heteroatoms. The standard InChI is InChI=1S/C21H20N4O2/c1-2-16-8-11-18(12-9-16)21(27)24-23-20(26)13-10-17-14-22-25(15-17)19-6-4-3-5-7-19/h3-15H,2H2,1H3,(H,23,26)(H,24,27)/b13-10+. The van der Waals surface area contributed by atoms with Crippen LogP contribution in [0.25, 0.3) is 11.8 Å². The number of aryl methyl sites for hydroxylation is 1. The maximum Gasteiger partial charge on any atom is 0.269 e. The largest absolute Gasteiger partial charge is 0.269 e. The molecule has 1 aromatic heterocycles. The van der Waals surface area contributed by atoms with Crippen LogP contribution in [0.1, 0.15) is 28.4 Å². The van der Waals surface area contributed by atoms with Gasteiger partial charge in [0.25, 0.3) is 11.8 Å². The van der Waals surface area contributed by atoms with Gasteiger partial charge in [0.15, 0.2) is 0 Å². The molecule has 1 heterocycles. The summed E-state index contributed by atoms with van der Waals surface area (Å²) in [6, 6.07) is 16.9. The first-order valence-electron chi connectivity index (χ1n) is 8.63. The van der Waals surface area contributed by atoms with E-state index in [-0.39, 0.29) is 5.91 Å². The van der Waals surface area contributed by atoms with Crippen LogP contribution in [-0.4, -0.2) is 21.6 Å². The second-order valence-corrected chi connectivity index (χ2v) is 5.88. The highest BCUT2D eigenvalue weighted by Gasteiger charge is 2.06. The molecule has 0 aliphatic heterocycles. The Bertz CT molecular complexity index is 944. The first kappa shape index (κ1) is 18.1. The van der Waals surface area contributed by atoms with Gasteiger partial charge in [-0.3, -0.25) is 20.4 Å². The molecule has 0 atom stereocenters. The van der Waals surface area contributed by atoms with Gasteiger partial charge in [0, 0.05) is 23.4 Å². The molecule has 0 saturated carbocycles. The summed E-state index contributed by atoms with van der Waals surface area (Å²) in [6.07, 6.45) is 7.35. The Hall–Kier alpha value is -3.67. The number of hydrogen-bond donors (Lipinski definition) is 2. The molecular formula is C21H20N4O2. The predicted octanol–water partition coefficient (Wildman–Crippen LogP) is 2.91. The van der Waals surface area contributed by atoms with Crippen molar-refractivity contribution in [1.82, 2.24) is 20.6 Å². The minimum absolute atomic E-state index is 0.365. The zero-order valence-corrected chi connectivity index (χ0v) is 14.9.